The molecule has 1 aliphatic rings. The van der Waals surface area contributed by atoms with Gasteiger partial charge in [0.15, 0.2) is 0 Å². The van der Waals surface area contributed by atoms with E-state index in [0.717, 1.165) is 10.5 Å². The zero-order valence-corrected chi connectivity index (χ0v) is 22.9. The molecular weight excluding hydrogens is 541 g/mol. The molecule has 2 N–H and O–H groups in total. The normalized spacial score (nSPS) is 13.2. The molecule has 3 aromatic rings. The van der Waals surface area contributed by atoms with E-state index in [4.69, 9.17) is 27.9 Å². The first-order valence-corrected chi connectivity index (χ1v) is 12.8. The first-order chi connectivity index (χ1) is 18.5. The smallest absolute Gasteiger partial charge is 0.338 e. The van der Waals surface area contributed by atoms with E-state index < -0.39 is 17.8 Å². The van der Waals surface area contributed by atoms with Crippen molar-refractivity contribution in [2.75, 3.05) is 15.5 Å². The van der Waals surface area contributed by atoms with E-state index in [0.29, 0.717) is 33.2 Å². The van der Waals surface area contributed by atoms with Crippen LogP contribution in [0, 0.1) is 6.92 Å². The number of rotatable bonds is 8. The van der Waals surface area contributed by atoms with Gasteiger partial charge >= 0.3 is 5.97 Å². The van der Waals surface area contributed by atoms with E-state index in [1.165, 1.54) is 0 Å². The van der Waals surface area contributed by atoms with Crippen LogP contribution in [0.25, 0.3) is 0 Å². The fourth-order valence-electron chi connectivity index (χ4n) is 3.88. The summed E-state index contributed by atoms with van der Waals surface area (Å²) in [6, 6.07) is 18.2. The first kappa shape index (κ1) is 27.9. The minimum Gasteiger partial charge on any atom is -0.459 e. The van der Waals surface area contributed by atoms with Crippen LogP contribution in [0.1, 0.15) is 35.3 Å². The van der Waals surface area contributed by atoms with Gasteiger partial charge in [0.2, 0.25) is 5.91 Å². The second kappa shape index (κ2) is 11.7. The quantitative estimate of drug-likeness (QED) is 0.263. The van der Waals surface area contributed by atoms with Gasteiger partial charge in [0.1, 0.15) is 10.7 Å². The summed E-state index contributed by atoms with van der Waals surface area (Å²) in [7, 11) is 0. The molecule has 4 rings (SSSR count). The topological polar surface area (TPSA) is 105 Å². The van der Waals surface area contributed by atoms with Crippen molar-refractivity contribution >= 4 is 64.0 Å². The van der Waals surface area contributed by atoms with Crippen molar-refractivity contribution in [2.24, 2.45) is 0 Å². The summed E-state index contributed by atoms with van der Waals surface area (Å²) >= 11 is 12.4. The Morgan fingerprint density at radius 1 is 0.897 bits per heavy atom. The van der Waals surface area contributed by atoms with Crippen molar-refractivity contribution in [3.05, 3.63) is 99.2 Å². The second-order valence-electron chi connectivity index (χ2n) is 9.10. The molecule has 8 nitrogen and oxygen atoms in total. The molecule has 0 atom stereocenters. The van der Waals surface area contributed by atoms with Gasteiger partial charge in [-0.1, -0.05) is 41.4 Å². The van der Waals surface area contributed by atoms with Crippen molar-refractivity contribution in [1.29, 1.82) is 0 Å². The van der Waals surface area contributed by atoms with Crippen LogP contribution in [-0.4, -0.2) is 29.8 Å². The number of nitrogens with one attached hydrogen (secondary N) is 2. The molecule has 0 spiro atoms. The van der Waals surface area contributed by atoms with E-state index in [-0.39, 0.29) is 29.2 Å². The predicted molar refractivity (Wildman–Crippen MR) is 151 cm³/mol. The third kappa shape index (κ3) is 6.30. The molecule has 0 aromatic heterocycles. The van der Waals surface area contributed by atoms with Gasteiger partial charge in [0, 0.05) is 16.4 Å². The second-order valence-corrected chi connectivity index (χ2v) is 9.88. The number of hydrogen-bond acceptors (Lipinski definition) is 6. The number of anilines is 3. The van der Waals surface area contributed by atoms with E-state index in [2.05, 4.69) is 10.6 Å². The summed E-state index contributed by atoms with van der Waals surface area (Å²) in [4.78, 5) is 51.3. The van der Waals surface area contributed by atoms with Gasteiger partial charge in [-0.25, -0.2) is 9.69 Å². The van der Waals surface area contributed by atoms with Gasteiger partial charge in [-0.05, 0) is 80.4 Å². The van der Waals surface area contributed by atoms with E-state index >= 15 is 0 Å². The van der Waals surface area contributed by atoms with Crippen molar-refractivity contribution in [1.82, 2.24) is 0 Å². The summed E-state index contributed by atoms with van der Waals surface area (Å²) < 4.78 is 5.15. The average Bonchev–Trinajstić information content (AvgIpc) is 3.09. The minimum absolute atomic E-state index is 0.0488. The van der Waals surface area contributed by atoms with Crippen molar-refractivity contribution in [2.45, 2.75) is 33.3 Å². The minimum atomic E-state index is -0.646. The molecule has 3 amide bonds. The number of nitrogens with zero attached hydrogens (tertiary/aromatic N) is 1. The molecule has 0 bridgehead atoms. The zero-order chi connectivity index (χ0) is 28.3. The maximum Gasteiger partial charge on any atom is 0.338 e. The highest BCUT2D eigenvalue weighted by Gasteiger charge is 2.39. The van der Waals surface area contributed by atoms with Gasteiger partial charge in [0.25, 0.3) is 11.8 Å². The Kier molecular flexibility index (Phi) is 8.38. The molecule has 10 heteroatoms. The van der Waals surface area contributed by atoms with E-state index in [1.807, 2.05) is 0 Å². The zero-order valence-electron chi connectivity index (χ0n) is 21.4. The number of carbonyl (C=O) groups is 4. The molecule has 0 saturated heterocycles. The predicted octanol–water partition coefficient (Wildman–Crippen LogP) is 5.83. The third-order valence-electron chi connectivity index (χ3n) is 5.84. The number of imide groups is 1. The molecule has 39 heavy (non-hydrogen) atoms. The van der Waals surface area contributed by atoms with Gasteiger partial charge in [0.05, 0.1) is 23.8 Å². The lowest BCUT2D eigenvalue weighted by Crippen LogP contribution is -2.32. The number of ether oxygens (including phenoxy) is 1. The third-order valence-corrected chi connectivity index (χ3v) is 6.60. The Labute approximate surface area is 235 Å². The molecular formula is C29H25Cl2N3O5. The Hall–Kier alpha value is -4.14. The summed E-state index contributed by atoms with van der Waals surface area (Å²) in [6.45, 7) is 5.26. The van der Waals surface area contributed by atoms with Gasteiger partial charge in [-0.15, -0.1) is 0 Å². The lowest BCUT2D eigenvalue weighted by molar-refractivity contribution is -0.120. The highest BCUT2D eigenvalue weighted by molar-refractivity contribution is 6.53. The highest BCUT2D eigenvalue weighted by atomic mass is 35.5. The average molecular weight is 566 g/mol. The first-order valence-electron chi connectivity index (χ1n) is 12.1. The monoisotopic (exact) mass is 565 g/mol. The van der Waals surface area contributed by atoms with Crippen molar-refractivity contribution in [3.63, 3.8) is 0 Å². The molecule has 0 unspecified atom stereocenters. The number of amides is 3. The molecule has 200 valence electrons. The molecule has 3 aromatic carbocycles. The van der Waals surface area contributed by atoms with Crippen LogP contribution in [0.4, 0.5) is 17.1 Å². The largest absolute Gasteiger partial charge is 0.459 e. The fourth-order valence-corrected chi connectivity index (χ4v) is 4.26. The standard InChI is InChI=1S/C29H25Cl2N3O5/c1-16(2)39-29(38)19-9-13-20(14-10-19)32-24(35)15-18-7-11-21(12-8-18)33-26-25(31)27(36)34(28(26)37)23-6-4-5-22(30)17(23)3/h4-14,16,33H,15H2,1-3H3,(H,32,35). The van der Waals surface area contributed by atoms with Gasteiger partial charge in [-0.3, -0.25) is 14.4 Å². The Bertz CT molecular complexity index is 1480. The van der Waals surface area contributed by atoms with E-state index in [9.17, 15) is 19.2 Å². The number of carbonyl (C=O) groups excluding carboxylic acids is 4. The Balaban J connectivity index is 1.37. The number of esters is 1. The maximum absolute atomic E-state index is 13.1. The van der Waals surface area contributed by atoms with E-state index in [1.54, 1.807) is 87.5 Å². The summed E-state index contributed by atoms with van der Waals surface area (Å²) in [5.41, 5.74) is 3.07. The summed E-state index contributed by atoms with van der Waals surface area (Å²) in [5.74, 6) is -1.91. The molecule has 0 fully saturated rings. The molecule has 0 saturated carbocycles. The van der Waals surface area contributed by atoms with Crippen LogP contribution in [0.5, 0.6) is 0 Å². The SMILES string of the molecule is Cc1c(Cl)cccc1N1C(=O)C(Cl)=C(Nc2ccc(CC(=O)Nc3ccc(C(=O)OC(C)C)cc3)cc2)C1=O. The van der Waals surface area contributed by atoms with Crippen LogP contribution in [-0.2, 0) is 25.5 Å². The maximum atomic E-state index is 13.1. The Morgan fingerprint density at radius 3 is 2.18 bits per heavy atom. The van der Waals surface area contributed by atoms with Crippen LogP contribution in [0.3, 0.4) is 0 Å². The molecule has 1 heterocycles. The number of hydrogen-bond donors (Lipinski definition) is 2. The molecule has 0 aliphatic carbocycles. The van der Waals surface area contributed by atoms with Crippen LogP contribution in [0.15, 0.2) is 77.5 Å². The molecule has 1 aliphatic heterocycles. The van der Waals surface area contributed by atoms with Crippen LogP contribution in [0.2, 0.25) is 5.02 Å². The summed E-state index contributed by atoms with van der Waals surface area (Å²) in [6.07, 6.45) is -0.124. The molecule has 0 radical (unpaired) electrons. The highest BCUT2D eigenvalue weighted by Crippen LogP contribution is 2.34. The van der Waals surface area contributed by atoms with Gasteiger partial charge < -0.3 is 15.4 Å². The lowest BCUT2D eigenvalue weighted by atomic mass is 10.1. The number of halogens is 2. The van der Waals surface area contributed by atoms with Crippen LogP contribution < -0.4 is 15.5 Å². The van der Waals surface area contributed by atoms with Gasteiger partial charge in [-0.2, -0.15) is 0 Å². The Morgan fingerprint density at radius 2 is 1.54 bits per heavy atom. The number of benzene rings is 3. The summed E-state index contributed by atoms with van der Waals surface area (Å²) in [5, 5.41) is 5.90. The lowest BCUT2D eigenvalue weighted by Gasteiger charge is -2.18. The van der Waals surface area contributed by atoms with Crippen molar-refractivity contribution < 1.29 is 23.9 Å². The van der Waals surface area contributed by atoms with Crippen LogP contribution >= 0.6 is 23.2 Å². The fraction of sp³-hybridized carbons (Fsp3) is 0.172. The van der Waals surface area contributed by atoms with Crippen molar-refractivity contribution in [3.8, 4) is 0 Å².